The number of carbonyl (C=O) groups is 2. The summed E-state index contributed by atoms with van der Waals surface area (Å²) in [6, 6.07) is 9.49. The van der Waals surface area contributed by atoms with Crippen molar-refractivity contribution in [2.75, 3.05) is 5.32 Å². The minimum Gasteiger partial charge on any atom is -0.478 e. The highest BCUT2D eigenvalue weighted by Gasteiger charge is 2.14. The highest BCUT2D eigenvalue weighted by atomic mass is 16.4. The van der Waals surface area contributed by atoms with Gasteiger partial charge in [-0.2, -0.15) is 0 Å². The number of carboxylic acid groups (broad SMARTS) is 1. The van der Waals surface area contributed by atoms with Gasteiger partial charge >= 0.3 is 12.0 Å². The van der Waals surface area contributed by atoms with Crippen molar-refractivity contribution >= 4 is 28.5 Å². The number of carbonyl (C=O) groups excluding carboxylic acids is 1. The maximum absolute atomic E-state index is 11.1. The molecule has 0 atom stereocenters. The summed E-state index contributed by atoms with van der Waals surface area (Å²) < 4.78 is 0. The van der Waals surface area contributed by atoms with E-state index in [4.69, 9.17) is 10.8 Å². The van der Waals surface area contributed by atoms with Crippen molar-refractivity contribution in [3.8, 4) is 0 Å². The number of benzene rings is 2. The van der Waals surface area contributed by atoms with Gasteiger partial charge in [0.2, 0.25) is 0 Å². The molecule has 17 heavy (non-hydrogen) atoms. The fourth-order valence-electron chi connectivity index (χ4n) is 1.71. The average Bonchev–Trinajstić information content (AvgIpc) is 2.28. The zero-order chi connectivity index (χ0) is 12.4. The molecule has 0 saturated carbocycles. The first kappa shape index (κ1) is 10.9. The number of aromatic carboxylic acids is 1. The smallest absolute Gasteiger partial charge is 0.337 e. The van der Waals surface area contributed by atoms with Gasteiger partial charge < -0.3 is 16.2 Å². The van der Waals surface area contributed by atoms with E-state index >= 15 is 0 Å². The lowest BCUT2D eigenvalue weighted by Crippen LogP contribution is -2.21. The van der Waals surface area contributed by atoms with Crippen molar-refractivity contribution in [3.63, 3.8) is 0 Å². The highest BCUT2D eigenvalue weighted by Crippen LogP contribution is 2.27. The maximum atomic E-state index is 11.1. The number of hydrogen-bond acceptors (Lipinski definition) is 2. The Morgan fingerprint density at radius 3 is 2.47 bits per heavy atom. The molecule has 0 aromatic heterocycles. The van der Waals surface area contributed by atoms with Crippen LogP contribution in [0.2, 0.25) is 0 Å². The molecule has 2 amide bonds. The van der Waals surface area contributed by atoms with Crippen LogP contribution in [0.25, 0.3) is 10.8 Å². The summed E-state index contributed by atoms with van der Waals surface area (Å²) >= 11 is 0. The van der Waals surface area contributed by atoms with Crippen LogP contribution in [0.15, 0.2) is 36.4 Å². The van der Waals surface area contributed by atoms with E-state index in [1.54, 1.807) is 18.2 Å². The molecule has 0 saturated heterocycles. The van der Waals surface area contributed by atoms with Gasteiger partial charge in [0.25, 0.3) is 0 Å². The van der Waals surface area contributed by atoms with Gasteiger partial charge in [0.1, 0.15) is 0 Å². The van der Waals surface area contributed by atoms with Crippen LogP contribution < -0.4 is 11.1 Å². The Balaban J connectivity index is 2.74. The van der Waals surface area contributed by atoms with Crippen molar-refractivity contribution in [2.24, 2.45) is 5.73 Å². The van der Waals surface area contributed by atoms with Crippen molar-refractivity contribution in [3.05, 3.63) is 42.0 Å². The molecule has 2 aromatic rings. The van der Waals surface area contributed by atoms with E-state index in [1.165, 1.54) is 6.07 Å². The molecule has 0 radical (unpaired) electrons. The molecule has 0 aliphatic carbocycles. The zero-order valence-electron chi connectivity index (χ0n) is 8.81. The second-order valence-corrected chi connectivity index (χ2v) is 3.50. The Bertz CT molecular complexity index is 608. The lowest BCUT2D eigenvalue weighted by molar-refractivity contribution is 0.0698. The second-order valence-electron chi connectivity index (χ2n) is 3.50. The lowest BCUT2D eigenvalue weighted by Gasteiger charge is -2.10. The number of fused-ring (bicyclic) bond motifs is 1. The fourth-order valence-corrected chi connectivity index (χ4v) is 1.71. The summed E-state index contributed by atoms with van der Waals surface area (Å²) in [4.78, 5) is 22.0. The van der Waals surface area contributed by atoms with Crippen LogP contribution in [0.5, 0.6) is 0 Å². The first-order valence-electron chi connectivity index (χ1n) is 4.91. The van der Waals surface area contributed by atoms with E-state index in [1.807, 2.05) is 12.1 Å². The number of nitrogens with two attached hydrogens (primary N) is 1. The number of carboxylic acids is 1. The number of rotatable bonds is 2. The number of anilines is 1. The number of nitrogens with one attached hydrogen (secondary N) is 1. The molecule has 5 heteroatoms. The second kappa shape index (κ2) is 4.13. The number of urea groups is 1. The standard InChI is InChI=1S/C12H10N2O3/c13-12(17)14-10-8-4-2-1-3-7(8)5-6-9(10)11(15)16/h1-6H,(H,15,16)(H3,13,14,17). The van der Waals surface area contributed by atoms with Gasteiger partial charge in [-0.1, -0.05) is 30.3 Å². The Hall–Kier alpha value is -2.56. The molecule has 0 spiro atoms. The number of primary amides is 1. The van der Waals surface area contributed by atoms with Crippen LogP contribution in [0.1, 0.15) is 10.4 Å². The quantitative estimate of drug-likeness (QED) is 0.736. The highest BCUT2D eigenvalue weighted by molar-refractivity contribution is 6.10. The molecule has 0 aliphatic heterocycles. The Kier molecular flexibility index (Phi) is 2.66. The third kappa shape index (κ3) is 2.03. The van der Waals surface area contributed by atoms with Gasteiger partial charge in [0, 0.05) is 5.39 Å². The first-order chi connectivity index (χ1) is 8.09. The van der Waals surface area contributed by atoms with E-state index in [9.17, 15) is 9.59 Å². The van der Waals surface area contributed by atoms with E-state index in [0.717, 1.165) is 5.39 Å². The van der Waals surface area contributed by atoms with Crippen LogP contribution in [-0.2, 0) is 0 Å². The summed E-state index contributed by atoms with van der Waals surface area (Å²) in [6.07, 6.45) is 0. The Labute approximate surface area is 96.8 Å². The summed E-state index contributed by atoms with van der Waals surface area (Å²) in [5, 5.41) is 12.9. The molecule has 4 N–H and O–H groups in total. The summed E-state index contributed by atoms with van der Waals surface area (Å²) in [7, 11) is 0. The SMILES string of the molecule is NC(=O)Nc1c(C(=O)O)ccc2ccccc12. The molecule has 0 heterocycles. The normalized spacial score (nSPS) is 10.1. The molecule has 0 bridgehead atoms. The van der Waals surface area contributed by atoms with Crippen LogP contribution in [0, 0.1) is 0 Å². The third-order valence-corrected chi connectivity index (χ3v) is 2.41. The molecular formula is C12H10N2O3. The number of amides is 2. The predicted octanol–water partition coefficient (Wildman–Crippen LogP) is 2.03. The van der Waals surface area contributed by atoms with Gasteiger partial charge in [0.15, 0.2) is 0 Å². The predicted molar refractivity (Wildman–Crippen MR) is 64.1 cm³/mol. The van der Waals surface area contributed by atoms with Gasteiger partial charge in [-0.3, -0.25) is 0 Å². The summed E-state index contributed by atoms with van der Waals surface area (Å²) in [5.74, 6) is -1.11. The molecule has 0 fully saturated rings. The fraction of sp³-hybridized carbons (Fsp3) is 0. The molecule has 2 aromatic carbocycles. The van der Waals surface area contributed by atoms with Crippen LogP contribution in [0.3, 0.4) is 0 Å². The third-order valence-electron chi connectivity index (χ3n) is 2.41. The monoisotopic (exact) mass is 230 g/mol. The molecular weight excluding hydrogens is 220 g/mol. The largest absolute Gasteiger partial charge is 0.478 e. The molecule has 0 aliphatic rings. The minimum absolute atomic E-state index is 0.0162. The first-order valence-corrected chi connectivity index (χ1v) is 4.91. The van der Waals surface area contributed by atoms with E-state index in [-0.39, 0.29) is 11.3 Å². The van der Waals surface area contributed by atoms with Crippen LogP contribution >= 0.6 is 0 Å². The van der Waals surface area contributed by atoms with Crippen molar-refractivity contribution < 1.29 is 14.7 Å². The minimum atomic E-state index is -1.11. The van der Waals surface area contributed by atoms with E-state index < -0.39 is 12.0 Å². The van der Waals surface area contributed by atoms with Gasteiger partial charge in [-0.25, -0.2) is 9.59 Å². The van der Waals surface area contributed by atoms with Gasteiger partial charge in [0.05, 0.1) is 11.3 Å². The van der Waals surface area contributed by atoms with E-state index in [0.29, 0.717) is 5.39 Å². The lowest BCUT2D eigenvalue weighted by atomic mass is 10.0. The molecule has 0 unspecified atom stereocenters. The number of hydrogen-bond donors (Lipinski definition) is 3. The van der Waals surface area contributed by atoms with Crippen molar-refractivity contribution in [1.29, 1.82) is 0 Å². The Morgan fingerprint density at radius 2 is 1.82 bits per heavy atom. The Morgan fingerprint density at radius 1 is 1.12 bits per heavy atom. The topological polar surface area (TPSA) is 92.4 Å². The van der Waals surface area contributed by atoms with Gasteiger partial charge in [-0.15, -0.1) is 0 Å². The van der Waals surface area contributed by atoms with Crippen LogP contribution in [-0.4, -0.2) is 17.1 Å². The van der Waals surface area contributed by atoms with E-state index in [2.05, 4.69) is 5.32 Å². The molecule has 5 nitrogen and oxygen atoms in total. The van der Waals surface area contributed by atoms with Crippen LogP contribution in [0.4, 0.5) is 10.5 Å². The summed E-state index contributed by atoms with van der Waals surface area (Å²) in [5.41, 5.74) is 5.28. The van der Waals surface area contributed by atoms with Gasteiger partial charge in [-0.05, 0) is 11.5 Å². The van der Waals surface area contributed by atoms with Crippen molar-refractivity contribution in [2.45, 2.75) is 0 Å². The molecule has 86 valence electrons. The summed E-state index contributed by atoms with van der Waals surface area (Å²) in [6.45, 7) is 0. The molecule has 2 rings (SSSR count). The average molecular weight is 230 g/mol. The van der Waals surface area contributed by atoms with Crippen molar-refractivity contribution in [1.82, 2.24) is 0 Å². The zero-order valence-corrected chi connectivity index (χ0v) is 8.81. The maximum Gasteiger partial charge on any atom is 0.337 e.